The van der Waals surface area contributed by atoms with Crippen LogP contribution < -0.4 is 0 Å². The maximum atomic E-state index is 4.76. The average Bonchev–Trinajstić information content (AvgIpc) is 3.29. The van der Waals surface area contributed by atoms with Crippen LogP contribution in [-0.2, 0) is 0 Å². The van der Waals surface area contributed by atoms with E-state index in [0.29, 0.717) is 12.0 Å². The summed E-state index contributed by atoms with van der Waals surface area (Å²) in [6, 6.07) is 13.5. The molecule has 0 N–H and O–H groups in total. The van der Waals surface area contributed by atoms with Gasteiger partial charge in [0.15, 0.2) is 0 Å². The molecule has 1 unspecified atom stereocenters. The standard InChI is InChI=1S/C21H24N2/c1-14(2)18-8-4-7-16-11-13-23(20(16)18)21(17-9-10-17)19-15(3)6-5-12-22-19/h4-8,11-14,17,21H,9-10H2,1-3H3. The summed E-state index contributed by atoms with van der Waals surface area (Å²) in [6.07, 6.45) is 6.83. The van der Waals surface area contributed by atoms with Crippen LogP contribution in [0.2, 0.25) is 0 Å². The fraction of sp³-hybridized carbons (Fsp3) is 0.381. The molecule has 2 aromatic heterocycles. The Morgan fingerprint density at radius 3 is 2.61 bits per heavy atom. The average molecular weight is 304 g/mol. The predicted octanol–water partition coefficient (Wildman–Crippen LogP) is 5.47. The van der Waals surface area contributed by atoms with Gasteiger partial charge in [0.05, 0.1) is 17.3 Å². The van der Waals surface area contributed by atoms with Gasteiger partial charge in [-0.25, -0.2) is 0 Å². The molecule has 2 heterocycles. The minimum Gasteiger partial charge on any atom is -0.338 e. The molecule has 1 aromatic carbocycles. The van der Waals surface area contributed by atoms with Crippen LogP contribution in [0, 0.1) is 12.8 Å². The van der Waals surface area contributed by atoms with E-state index < -0.39 is 0 Å². The molecule has 3 aromatic rings. The predicted molar refractivity (Wildman–Crippen MR) is 95.9 cm³/mol. The Morgan fingerprint density at radius 2 is 1.91 bits per heavy atom. The van der Waals surface area contributed by atoms with Gasteiger partial charge in [0, 0.05) is 12.4 Å². The third kappa shape index (κ3) is 2.46. The molecular formula is C21H24N2. The number of hydrogen-bond acceptors (Lipinski definition) is 1. The van der Waals surface area contributed by atoms with Crippen LogP contribution in [0.3, 0.4) is 0 Å². The van der Waals surface area contributed by atoms with Gasteiger partial charge in [-0.05, 0) is 60.2 Å². The minimum atomic E-state index is 0.369. The van der Waals surface area contributed by atoms with Crippen molar-refractivity contribution in [2.24, 2.45) is 5.92 Å². The van der Waals surface area contributed by atoms with E-state index in [1.165, 1.54) is 40.6 Å². The molecule has 4 rings (SSSR count). The van der Waals surface area contributed by atoms with Crippen molar-refractivity contribution in [3.63, 3.8) is 0 Å². The molecule has 1 fully saturated rings. The Balaban J connectivity index is 1.94. The molecule has 0 aliphatic heterocycles. The van der Waals surface area contributed by atoms with Crippen LogP contribution in [0.25, 0.3) is 10.9 Å². The molecule has 0 saturated heterocycles. The molecule has 1 aliphatic rings. The summed E-state index contributed by atoms with van der Waals surface area (Å²) in [5.74, 6) is 1.25. The molecule has 1 saturated carbocycles. The second-order valence-electron chi connectivity index (χ2n) is 7.15. The Bertz CT molecular complexity index is 840. The highest BCUT2D eigenvalue weighted by atomic mass is 15.0. The highest BCUT2D eigenvalue weighted by Gasteiger charge is 2.36. The van der Waals surface area contributed by atoms with Crippen LogP contribution in [0.15, 0.2) is 48.8 Å². The molecule has 2 heteroatoms. The number of rotatable bonds is 4. The first-order valence-electron chi connectivity index (χ1n) is 8.68. The lowest BCUT2D eigenvalue weighted by molar-refractivity contribution is 0.518. The van der Waals surface area contributed by atoms with Gasteiger partial charge in [-0.1, -0.05) is 38.1 Å². The first kappa shape index (κ1) is 14.5. The van der Waals surface area contributed by atoms with Gasteiger partial charge >= 0.3 is 0 Å². The Labute approximate surface area is 138 Å². The summed E-state index contributed by atoms with van der Waals surface area (Å²) < 4.78 is 2.50. The van der Waals surface area contributed by atoms with E-state index in [1.54, 1.807) is 0 Å². The van der Waals surface area contributed by atoms with Gasteiger partial charge in [-0.15, -0.1) is 0 Å². The zero-order chi connectivity index (χ0) is 16.0. The van der Waals surface area contributed by atoms with Gasteiger partial charge in [0.2, 0.25) is 0 Å². The number of benzene rings is 1. The van der Waals surface area contributed by atoms with Crippen LogP contribution in [0.4, 0.5) is 0 Å². The zero-order valence-electron chi connectivity index (χ0n) is 14.2. The van der Waals surface area contributed by atoms with Crippen LogP contribution in [0.1, 0.15) is 55.5 Å². The van der Waals surface area contributed by atoms with E-state index in [1.807, 2.05) is 12.3 Å². The van der Waals surface area contributed by atoms with Crippen molar-refractivity contribution in [2.75, 3.05) is 0 Å². The second kappa shape index (κ2) is 5.52. The number of para-hydroxylation sites is 1. The number of aryl methyl sites for hydroxylation is 1. The lowest BCUT2D eigenvalue weighted by atomic mass is 9.99. The molecule has 1 atom stereocenters. The Kier molecular flexibility index (Phi) is 3.48. The van der Waals surface area contributed by atoms with Gasteiger partial charge in [0.1, 0.15) is 0 Å². The fourth-order valence-corrected chi connectivity index (χ4v) is 3.75. The van der Waals surface area contributed by atoms with Crippen LogP contribution in [-0.4, -0.2) is 9.55 Å². The summed E-state index contributed by atoms with van der Waals surface area (Å²) in [5, 5.41) is 1.34. The first-order valence-corrected chi connectivity index (χ1v) is 8.68. The molecule has 0 radical (unpaired) electrons. The van der Waals surface area contributed by atoms with Crippen molar-refractivity contribution >= 4 is 10.9 Å². The monoisotopic (exact) mass is 304 g/mol. The summed E-state index contributed by atoms with van der Waals surface area (Å²) in [6.45, 7) is 6.75. The molecule has 1 aliphatic carbocycles. The lowest BCUT2D eigenvalue weighted by Crippen LogP contribution is -2.15. The molecule has 2 nitrogen and oxygen atoms in total. The van der Waals surface area contributed by atoms with Gasteiger partial charge in [0.25, 0.3) is 0 Å². The number of aromatic nitrogens is 2. The zero-order valence-corrected chi connectivity index (χ0v) is 14.2. The van der Waals surface area contributed by atoms with E-state index in [0.717, 1.165) is 5.92 Å². The van der Waals surface area contributed by atoms with Crippen molar-refractivity contribution in [2.45, 2.75) is 45.6 Å². The minimum absolute atomic E-state index is 0.369. The van der Waals surface area contributed by atoms with Crippen molar-refractivity contribution < 1.29 is 0 Å². The fourth-order valence-electron chi connectivity index (χ4n) is 3.75. The summed E-state index contributed by atoms with van der Waals surface area (Å²) >= 11 is 0. The Hall–Kier alpha value is -2.09. The molecule has 0 amide bonds. The van der Waals surface area contributed by atoms with Gasteiger partial charge < -0.3 is 4.57 Å². The van der Waals surface area contributed by atoms with Crippen molar-refractivity contribution in [1.82, 2.24) is 9.55 Å². The SMILES string of the molecule is Cc1cccnc1C(C1CC1)n1ccc2cccc(C(C)C)c21. The van der Waals surface area contributed by atoms with E-state index >= 15 is 0 Å². The van der Waals surface area contributed by atoms with Crippen LogP contribution >= 0.6 is 0 Å². The normalized spacial score (nSPS) is 16.2. The third-order valence-electron chi connectivity index (χ3n) is 5.09. The second-order valence-corrected chi connectivity index (χ2v) is 7.15. The maximum Gasteiger partial charge on any atom is 0.0788 e. The third-order valence-corrected chi connectivity index (χ3v) is 5.09. The van der Waals surface area contributed by atoms with Gasteiger partial charge in [-0.2, -0.15) is 0 Å². The molecule has 0 bridgehead atoms. The first-order chi connectivity index (χ1) is 11.2. The van der Waals surface area contributed by atoms with E-state index in [-0.39, 0.29) is 0 Å². The number of fused-ring (bicyclic) bond motifs is 1. The maximum absolute atomic E-state index is 4.76. The summed E-state index contributed by atoms with van der Waals surface area (Å²) in [5.41, 5.74) is 5.37. The van der Waals surface area contributed by atoms with Crippen molar-refractivity contribution in [3.05, 3.63) is 65.6 Å². The molecule has 118 valence electrons. The smallest absolute Gasteiger partial charge is 0.0788 e. The van der Waals surface area contributed by atoms with Crippen LogP contribution in [0.5, 0.6) is 0 Å². The molecular weight excluding hydrogens is 280 g/mol. The van der Waals surface area contributed by atoms with E-state index in [4.69, 9.17) is 4.98 Å². The molecule has 0 spiro atoms. The van der Waals surface area contributed by atoms with E-state index in [2.05, 4.69) is 61.9 Å². The summed E-state index contributed by atoms with van der Waals surface area (Å²) in [4.78, 5) is 4.76. The highest BCUT2D eigenvalue weighted by molar-refractivity contribution is 5.84. The lowest BCUT2D eigenvalue weighted by Gasteiger charge is -2.23. The number of nitrogens with zero attached hydrogens (tertiary/aromatic N) is 2. The van der Waals surface area contributed by atoms with Gasteiger partial charge in [-0.3, -0.25) is 4.98 Å². The van der Waals surface area contributed by atoms with E-state index in [9.17, 15) is 0 Å². The van der Waals surface area contributed by atoms with Crippen molar-refractivity contribution in [1.29, 1.82) is 0 Å². The quantitative estimate of drug-likeness (QED) is 0.625. The highest BCUT2D eigenvalue weighted by Crippen LogP contribution is 2.45. The van der Waals surface area contributed by atoms with Crippen molar-refractivity contribution in [3.8, 4) is 0 Å². The number of pyridine rings is 1. The topological polar surface area (TPSA) is 17.8 Å². The Morgan fingerprint density at radius 1 is 1.09 bits per heavy atom. The number of hydrogen-bond donors (Lipinski definition) is 0. The molecule has 23 heavy (non-hydrogen) atoms. The summed E-state index contributed by atoms with van der Waals surface area (Å²) in [7, 11) is 0. The largest absolute Gasteiger partial charge is 0.338 e.